The zero-order chi connectivity index (χ0) is 21.9. The SMILES string of the molecule is N#CCCN1CCC(CNC2CC2)(Cc2cccc(C(=O)O)c2)CC1.c1ccccc1. The highest BCUT2D eigenvalue weighted by molar-refractivity contribution is 5.87. The number of nitrogens with zero attached hydrogens (tertiary/aromatic N) is 2. The van der Waals surface area contributed by atoms with Crippen molar-refractivity contribution in [1.82, 2.24) is 10.2 Å². The third-order valence-corrected chi connectivity index (χ3v) is 6.22. The van der Waals surface area contributed by atoms with Crippen molar-refractivity contribution in [1.29, 1.82) is 5.26 Å². The van der Waals surface area contributed by atoms with Gasteiger partial charge in [-0.1, -0.05) is 48.5 Å². The number of aromatic carboxylic acids is 1. The summed E-state index contributed by atoms with van der Waals surface area (Å²) < 4.78 is 0. The van der Waals surface area contributed by atoms with Gasteiger partial charge in [0.05, 0.1) is 11.6 Å². The first kappa shape index (κ1) is 23.0. The molecule has 0 spiro atoms. The first-order valence-electron chi connectivity index (χ1n) is 11.3. The smallest absolute Gasteiger partial charge is 0.335 e. The molecule has 0 unspecified atom stereocenters. The number of nitrogens with one attached hydrogen (secondary N) is 1. The largest absolute Gasteiger partial charge is 0.478 e. The normalized spacial score (nSPS) is 17.8. The van der Waals surface area contributed by atoms with Gasteiger partial charge in [0.15, 0.2) is 0 Å². The molecule has 1 saturated heterocycles. The number of likely N-dealkylation sites (tertiary alicyclic amines) is 1. The van der Waals surface area contributed by atoms with E-state index in [0.29, 0.717) is 18.0 Å². The minimum Gasteiger partial charge on any atom is -0.478 e. The Morgan fingerprint density at radius 1 is 1.10 bits per heavy atom. The van der Waals surface area contributed by atoms with Crippen LogP contribution in [0.3, 0.4) is 0 Å². The summed E-state index contributed by atoms with van der Waals surface area (Å²) >= 11 is 0. The van der Waals surface area contributed by atoms with E-state index in [1.165, 1.54) is 12.8 Å². The summed E-state index contributed by atoms with van der Waals surface area (Å²) in [5.41, 5.74) is 1.67. The average molecular weight is 420 g/mol. The van der Waals surface area contributed by atoms with Crippen molar-refractivity contribution >= 4 is 5.97 Å². The van der Waals surface area contributed by atoms with Crippen LogP contribution in [0.15, 0.2) is 60.7 Å². The summed E-state index contributed by atoms with van der Waals surface area (Å²) in [5, 5.41) is 21.7. The van der Waals surface area contributed by atoms with E-state index in [4.69, 9.17) is 5.26 Å². The van der Waals surface area contributed by atoms with Crippen LogP contribution < -0.4 is 5.32 Å². The lowest BCUT2D eigenvalue weighted by Crippen LogP contribution is -2.47. The number of benzene rings is 2. The highest BCUT2D eigenvalue weighted by atomic mass is 16.4. The van der Waals surface area contributed by atoms with Crippen LogP contribution >= 0.6 is 0 Å². The van der Waals surface area contributed by atoms with E-state index in [1.807, 2.05) is 54.6 Å². The van der Waals surface area contributed by atoms with E-state index in [1.54, 1.807) is 6.07 Å². The summed E-state index contributed by atoms with van der Waals surface area (Å²) in [6, 6.07) is 22.3. The van der Waals surface area contributed by atoms with Crippen LogP contribution in [0.2, 0.25) is 0 Å². The lowest BCUT2D eigenvalue weighted by molar-refractivity contribution is 0.0696. The van der Waals surface area contributed by atoms with Gasteiger partial charge in [-0.25, -0.2) is 4.79 Å². The van der Waals surface area contributed by atoms with E-state index in [2.05, 4.69) is 16.3 Å². The maximum Gasteiger partial charge on any atom is 0.335 e. The minimum atomic E-state index is -0.863. The minimum absolute atomic E-state index is 0.183. The number of hydrogen-bond acceptors (Lipinski definition) is 4. The lowest BCUT2D eigenvalue weighted by Gasteiger charge is -2.42. The fourth-order valence-corrected chi connectivity index (χ4v) is 4.16. The predicted octanol–water partition coefficient (Wildman–Crippen LogP) is 4.36. The number of piperidine rings is 1. The molecule has 1 aliphatic carbocycles. The van der Waals surface area contributed by atoms with Gasteiger partial charge in [0, 0.05) is 25.6 Å². The highest BCUT2D eigenvalue weighted by Gasteiger charge is 2.36. The Morgan fingerprint density at radius 2 is 1.74 bits per heavy atom. The number of carboxylic acid groups (broad SMARTS) is 1. The summed E-state index contributed by atoms with van der Waals surface area (Å²) in [7, 11) is 0. The number of nitriles is 1. The van der Waals surface area contributed by atoms with Crippen LogP contribution in [-0.2, 0) is 6.42 Å². The fraction of sp³-hybridized carbons (Fsp3) is 0.462. The quantitative estimate of drug-likeness (QED) is 0.665. The van der Waals surface area contributed by atoms with Crippen molar-refractivity contribution in [3.8, 4) is 6.07 Å². The molecule has 1 aliphatic heterocycles. The van der Waals surface area contributed by atoms with Gasteiger partial charge in [-0.2, -0.15) is 5.26 Å². The predicted molar refractivity (Wildman–Crippen MR) is 123 cm³/mol. The van der Waals surface area contributed by atoms with Gasteiger partial charge < -0.3 is 15.3 Å². The number of hydrogen-bond donors (Lipinski definition) is 2. The molecule has 2 N–H and O–H groups in total. The van der Waals surface area contributed by atoms with Crippen LogP contribution in [0.5, 0.6) is 0 Å². The second kappa shape index (κ2) is 11.6. The lowest BCUT2D eigenvalue weighted by atomic mass is 9.73. The maximum absolute atomic E-state index is 11.2. The molecule has 1 heterocycles. The molecule has 2 aromatic carbocycles. The highest BCUT2D eigenvalue weighted by Crippen LogP contribution is 2.36. The Labute approximate surface area is 185 Å². The Bertz CT molecular complexity index is 824. The number of carboxylic acids is 1. The van der Waals surface area contributed by atoms with Gasteiger partial charge in [-0.3, -0.25) is 0 Å². The van der Waals surface area contributed by atoms with Crippen LogP contribution in [0, 0.1) is 16.7 Å². The number of carbonyl (C=O) groups is 1. The molecule has 5 heteroatoms. The van der Waals surface area contributed by atoms with Crippen LogP contribution in [-0.4, -0.2) is 48.2 Å². The molecule has 0 atom stereocenters. The monoisotopic (exact) mass is 419 g/mol. The van der Waals surface area contributed by atoms with Crippen molar-refractivity contribution in [2.45, 2.75) is 44.6 Å². The van der Waals surface area contributed by atoms with E-state index in [9.17, 15) is 9.90 Å². The van der Waals surface area contributed by atoms with Crippen molar-refractivity contribution in [2.75, 3.05) is 26.2 Å². The Kier molecular flexibility index (Phi) is 8.63. The average Bonchev–Trinajstić information content (AvgIpc) is 3.64. The standard InChI is InChI=1S/C20H27N3O2.C6H6/c21-9-2-10-23-11-7-20(8-12-23,15-22-18-5-6-18)14-16-3-1-4-17(13-16)19(24)25;1-2-4-6-5-3-1/h1,3-4,13,18,22H,2,5-8,10-12,14-15H2,(H,24,25);1-6H. The number of rotatable bonds is 8. The molecule has 0 bridgehead atoms. The van der Waals surface area contributed by atoms with Crippen molar-refractivity contribution in [3.05, 3.63) is 71.8 Å². The van der Waals surface area contributed by atoms with Crippen LogP contribution in [0.4, 0.5) is 0 Å². The molecule has 2 aliphatic rings. The fourth-order valence-electron chi connectivity index (χ4n) is 4.16. The zero-order valence-electron chi connectivity index (χ0n) is 18.2. The molecular weight excluding hydrogens is 386 g/mol. The molecule has 31 heavy (non-hydrogen) atoms. The zero-order valence-corrected chi connectivity index (χ0v) is 18.2. The molecular formula is C26H33N3O2. The molecule has 2 fully saturated rings. The van der Waals surface area contributed by atoms with E-state index in [0.717, 1.165) is 51.0 Å². The van der Waals surface area contributed by atoms with Gasteiger partial charge in [-0.05, 0) is 68.3 Å². The Balaban J connectivity index is 0.000000391. The third kappa shape index (κ3) is 7.82. The van der Waals surface area contributed by atoms with E-state index >= 15 is 0 Å². The van der Waals surface area contributed by atoms with Crippen molar-refractivity contribution < 1.29 is 9.90 Å². The summed E-state index contributed by atoms with van der Waals surface area (Å²) in [6.45, 7) is 3.90. The summed E-state index contributed by atoms with van der Waals surface area (Å²) in [4.78, 5) is 13.6. The first-order valence-corrected chi connectivity index (χ1v) is 11.3. The Hall–Kier alpha value is -2.68. The van der Waals surface area contributed by atoms with Gasteiger partial charge in [0.1, 0.15) is 0 Å². The van der Waals surface area contributed by atoms with Crippen LogP contribution in [0.1, 0.15) is 48.0 Å². The molecule has 4 rings (SSSR count). The van der Waals surface area contributed by atoms with Gasteiger partial charge in [-0.15, -0.1) is 0 Å². The first-order chi connectivity index (χ1) is 15.1. The second-order valence-electron chi connectivity index (χ2n) is 8.74. The van der Waals surface area contributed by atoms with Gasteiger partial charge >= 0.3 is 5.97 Å². The Morgan fingerprint density at radius 3 is 2.29 bits per heavy atom. The second-order valence-corrected chi connectivity index (χ2v) is 8.74. The molecule has 2 aromatic rings. The van der Waals surface area contributed by atoms with Crippen LogP contribution in [0.25, 0.3) is 0 Å². The molecule has 0 radical (unpaired) electrons. The summed E-state index contributed by atoms with van der Waals surface area (Å²) in [5.74, 6) is -0.863. The van der Waals surface area contributed by atoms with E-state index in [-0.39, 0.29) is 5.41 Å². The molecule has 164 valence electrons. The molecule has 1 saturated carbocycles. The molecule has 5 nitrogen and oxygen atoms in total. The molecule has 0 amide bonds. The van der Waals surface area contributed by atoms with Gasteiger partial charge in [0.25, 0.3) is 0 Å². The van der Waals surface area contributed by atoms with Crippen molar-refractivity contribution in [2.24, 2.45) is 5.41 Å². The maximum atomic E-state index is 11.2. The van der Waals surface area contributed by atoms with Gasteiger partial charge in [0.2, 0.25) is 0 Å². The topological polar surface area (TPSA) is 76.4 Å². The molecule has 0 aromatic heterocycles. The van der Waals surface area contributed by atoms with E-state index < -0.39 is 5.97 Å². The van der Waals surface area contributed by atoms with Crippen molar-refractivity contribution in [3.63, 3.8) is 0 Å². The third-order valence-electron chi connectivity index (χ3n) is 6.22. The summed E-state index contributed by atoms with van der Waals surface area (Å²) in [6.07, 6.45) is 6.25.